The van der Waals surface area contributed by atoms with Gasteiger partial charge in [0, 0.05) is 5.56 Å². The Morgan fingerprint density at radius 3 is 2.29 bits per heavy atom. The quantitative estimate of drug-likeness (QED) is 0.743. The lowest BCUT2D eigenvalue weighted by molar-refractivity contribution is 0.595. The molecule has 1 aromatic heterocycles. The van der Waals surface area contributed by atoms with Gasteiger partial charge in [0.1, 0.15) is 0 Å². The molecule has 0 saturated carbocycles. The van der Waals surface area contributed by atoms with Gasteiger partial charge in [-0.1, -0.05) is 48.0 Å². The molecule has 0 N–H and O–H groups in total. The van der Waals surface area contributed by atoms with Crippen LogP contribution in [-0.2, 0) is 9.84 Å². The fourth-order valence-corrected chi connectivity index (χ4v) is 3.98. The molecular weight excluding hydrogens is 304 g/mol. The van der Waals surface area contributed by atoms with Gasteiger partial charge in [0.2, 0.25) is 14.2 Å². The Morgan fingerprint density at radius 1 is 0.952 bits per heavy atom. The summed E-state index contributed by atoms with van der Waals surface area (Å²) in [5, 5.41) is 0. The Kier molecular flexibility index (Phi) is 3.57. The molecule has 0 saturated heterocycles. The molecule has 0 aliphatic rings. The van der Waals surface area contributed by atoms with E-state index in [1.54, 1.807) is 24.3 Å². The maximum atomic E-state index is 12.5. The topological polar surface area (TPSA) is 59.9 Å². The van der Waals surface area contributed by atoms with E-state index in [1.807, 2.05) is 37.3 Å². The minimum atomic E-state index is -3.60. The van der Waals surface area contributed by atoms with Gasteiger partial charge in [0.05, 0.1) is 4.90 Å². The Morgan fingerprint density at radius 2 is 1.62 bits per heavy atom. The first-order valence-corrected chi connectivity index (χ1v) is 8.54. The van der Waals surface area contributed by atoms with Crippen molar-refractivity contribution in [3.8, 4) is 11.4 Å². The zero-order valence-electron chi connectivity index (χ0n) is 11.2. The Labute approximate surface area is 127 Å². The highest BCUT2D eigenvalue weighted by molar-refractivity contribution is 7.93. The lowest BCUT2D eigenvalue weighted by Crippen LogP contribution is -2.01. The van der Waals surface area contributed by atoms with E-state index in [0.29, 0.717) is 5.82 Å². The number of aromatic nitrogens is 2. The monoisotopic (exact) mass is 316 g/mol. The summed E-state index contributed by atoms with van der Waals surface area (Å²) in [6.07, 6.45) is 0. The van der Waals surface area contributed by atoms with Crippen LogP contribution in [-0.4, -0.2) is 17.8 Å². The third-order valence-electron chi connectivity index (χ3n) is 3.00. The molecule has 0 amide bonds. The molecular formula is C15H12N2O2S2. The number of rotatable bonds is 3. The summed E-state index contributed by atoms with van der Waals surface area (Å²) in [5.74, 6) is 0.436. The van der Waals surface area contributed by atoms with Crippen molar-refractivity contribution in [1.82, 2.24) is 9.36 Å². The van der Waals surface area contributed by atoms with Gasteiger partial charge >= 0.3 is 0 Å². The molecule has 2 aromatic carbocycles. The number of aryl methyl sites for hydroxylation is 1. The normalized spacial score (nSPS) is 11.5. The molecule has 0 aliphatic heterocycles. The largest absolute Gasteiger partial charge is 0.235 e. The first kappa shape index (κ1) is 13.9. The molecule has 0 bridgehead atoms. The van der Waals surface area contributed by atoms with Crippen LogP contribution in [0.5, 0.6) is 0 Å². The van der Waals surface area contributed by atoms with E-state index in [2.05, 4.69) is 9.36 Å². The van der Waals surface area contributed by atoms with Crippen molar-refractivity contribution in [3.05, 3.63) is 60.2 Å². The predicted molar refractivity (Wildman–Crippen MR) is 82.0 cm³/mol. The van der Waals surface area contributed by atoms with Crippen LogP contribution in [0.2, 0.25) is 0 Å². The van der Waals surface area contributed by atoms with Crippen LogP contribution in [0.1, 0.15) is 5.56 Å². The van der Waals surface area contributed by atoms with Crippen molar-refractivity contribution in [3.63, 3.8) is 0 Å². The fraction of sp³-hybridized carbons (Fsp3) is 0.0667. The first-order valence-electron chi connectivity index (χ1n) is 6.28. The number of hydrogen-bond donors (Lipinski definition) is 0. The molecule has 0 aliphatic carbocycles. The summed E-state index contributed by atoms with van der Waals surface area (Å²) in [6.45, 7) is 1.91. The maximum Gasteiger partial charge on any atom is 0.235 e. The molecule has 6 heteroatoms. The number of benzene rings is 2. The number of nitrogens with zero attached hydrogens (tertiary/aromatic N) is 2. The molecule has 3 rings (SSSR count). The summed E-state index contributed by atoms with van der Waals surface area (Å²) < 4.78 is 29.2. The lowest BCUT2D eigenvalue weighted by Gasteiger charge is -2.00. The summed E-state index contributed by atoms with van der Waals surface area (Å²) in [4.78, 5) is 4.41. The summed E-state index contributed by atoms with van der Waals surface area (Å²) in [7, 11) is -3.60. The maximum absolute atomic E-state index is 12.5. The summed E-state index contributed by atoms with van der Waals surface area (Å²) in [6, 6.07) is 16.0. The summed E-state index contributed by atoms with van der Waals surface area (Å²) >= 11 is 0.901. The van der Waals surface area contributed by atoms with Gasteiger partial charge in [-0.05, 0) is 30.6 Å². The van der Waals surface area contributed by atoms with Crippen molar-refractivity contribution in [2.75, 3.05) is 0 Å². The first-order chi connectivity index (χ1) is 10.1. The van der Waals surface area contributed by atoms with E-state index in [4.69, 9.17) is 0 Å². The molecule has 4 nitrogen and oxygen atoms in total. The highest BCUT2D eigenvalue weighted by Crippen LogP contribution is 2.25. The second-order valence-electron chi connectivity index (χ2n) is 4.57. The van der Waals surface area contributed by atoms with Gasteiger partial charge in [-0.25, -0.2) is 13.4 Å². The van der Waals surface area contributed by atoms with Crippen molar-refractivity contribution in [2.24, 2.45) is 0 Å². The Bertz CT molecular complexity index is 854. The SMILES string of the molecule is Cc1ccc(S(=O)(=O)c2nc(-c3ccccc3)ns2)cc1. The van der Waals surface area contributed by atoms with Gasteiger partial charge in [-0.2, -0.15) is 4.37 Å². The molecule has 0 radical (unpaired) electrons. The number of hydrogen-bond acceptors (Lipinski definition) is 5. The third kappa shape index (κ3) is 2.72. The highest BCUT2D eigenvalue weighted by atomic mass is 32.2. The smallest absolute Gasteiger partial charge is 0.216 e. The molecule has 0 fully saturated rings. The molecule has 1 heterocycles. The van der Waals surface area contributed by atoms with Crippen LogP contribution in [0, 0.1) is 6.92 Å². The minimum Gasteiger partial charge on any atom is -0.216 e. The van der Waals surface area contributed by atoms with E-state index < -0.39 is 9.84 Å². The van der Waals surface area contributed by atoms with Crippen molar-refractivity contribution >= 4 is 21.4 Å². The molecule has 21 heavy (non-hydrogen) atoms. The second-order valence-corrected chi connectivity index (χ2v) is 7.44. The molecule has 3 aromatic rings. The van der Waals surface area contributed by atoms with Crippen LogP contribution >= 0.6 is 11.5 Å². The van der Waals surface area contributed by atoms with Crippen molar-refractivity contribution in [1.29, 1.82) is 0 Å². The van der Waals surface area contributed by atoms with Crippen LogP contribution in [0.15, 0.2) is 63.8 Å². The minimum absolute atomic E-state index is 0.0187. The van der Waals surface area contributed by atoms with E-state index >= 15 is 0 Å². The van der Waals surface area contributed by atoms with Crippen LogP contribution in [0.4, 0.5) is 0 Å². The zero-order valence-corrected chi connectivity index (χ0v) is 12.9. The average molecular weight is 316 g/mol. The molecule has 0 atom stereocenters. The van der Waals surface area contributed by atoms with Gasteiger partial charge in [0.25, 0.3) is 0 Å². The average Bonchev–Trinajstić information content (AvgIpc) is 2.99. The predicted octanol–water partition coefficient (Wildman–Crippen LogP) is 3.35. The molecule has 0 unspecified atom stereocenters. The van der Waals surface area contributed by atoms with Crippen molar-refractivity contribution < 1.29 is 8.42 Å². The second kappa shape index (κ2) is 5.38. The lowest BCUT2D eigenvalue weighted by atomic mass is 10.2. The number of sulfone groups is 1. The van der Waals surface area contributed by atoms with Gasteiger partial charge in [-0.15, -0.1) is 0 Å². The zero-order chi connectivity index (χ0) is 14.9. The third-order valence-corrected chi connectivity index (χ3v) is 5.84. The summed E-state index contributed by atoms with van der Waals surface area (Å²) in [5.41, 5.74) is 1.82. The van der Waals surface area contributed by atoms with Gasteiger partial charge < -0.3 is 0 Å². The van der Waals surface area contributed by atoms with E-state index in [0.717, 1.165) is 22.7 Å². The van der Waals surface area contributed by atoms with E-state index in [1.165, 1.54) is 0 Å². The fourth-order valence-electron chi connectivity index (χ4n) is 1.84. The standard InChI is InChI=1S/C15H12N2O2S2/c1-11-7-9-13(10-8-11)21(18,19)15-16-14(17-20-15)12-5-3-2-4-6-12/h2-10H,1H3. The van der Waals surface area contributed by atoms with E-state index in [9.17, 15) is 8.42 Å². The van der Waals surface area contributed by atoms with Crippen LogP contribution in [0.3, 0.4) is 0 Å². The Balaban J connectivity index is 2.01. The van der Waals surface area contributed by atoms with Gasteiger partial charge in [-0.3, -0.25) is 0 Å². The van der Waals surface area contributed by atoms with E-state index in [-0.39, 0.29) is 9.24 Å². The highest BCUT2D eigenvalue weighted by Gasteiger charge is 2.22. The Hall–Kier alpha value is -2.05. The molecule has 0 spiro atoms. The van der Waals surface area contributed by atoms with Crippen LogP contribution in [0.25, 0.3) is 11.4 Å². The van der Waals surface area contributed by atoms with Gasteiger partial charge in [0.15, 0.2) is 5.82 Å². The van der Waals surface area contributed by atoms with Crippen molar-refractivity contribution in [2.45, 2.75) is 16.2 Å². The van der Waals surface area contributed by atoms with Crippen LogP contribution < -0.4 is 0 Å². The molecule has 106 valence electrons.